The Hall–Kier alpha value is -0.540. The van der Waals surface area contributed by atoms with Crippen LogP contribution in [0, 0.1) is 0 Å². The van der Waals surface area contributed by atoms with Crippen molar-refractivity contribution < 1.29 is 0 Å². The molecule has 15 heavy (non-hydrogen) atoms. The molecule has 2 heterocycles. The van der Waals surface area contributed by atoms with E-state index in [4.69, 9.17) is 0 Å². The standard InChI is InChI=1S/C12H18N2S/c1-3-11(9-13-6-1)5-7-14-12-4-2-8-15-10-12/h1,3,6,9,12,14H,2,4-5,7-8,10H2. The molecular formula is C12H18N2S. The number of pyridine rings is 1. The molecule has 0 amide bonds. The van der Waals surface area contributed by atoms with Gasteiger partial charge in [-0.3, -0.25) is 4.98 Å². The van der Waals surface area contributed by atoms with Crippen molar-refractivity contribution in [1.82, 2.24) is 10.3 Å². The SMILES string of the molecule is c1cncc(CCNC2CCCSC2)c1. The van der Waals surface area contributed by atoms with Crippen molar-refractivity contribution in [2.24, 2.45) is 0 Å². The van der Waals surface area contributed by atoms with E-state index in [0.717, 1.165) is 19.0 Å². The minimum Gasteiger partial charge on any atom is -0.313 e. The van der Waals surface area contributed by atoms with Gasteiger partial charge in [-0.1, -0.05) is 6.07 Å². The third kappa shape index (κ3) is 3.84. The van der Waals surface area contributed by atoms with Gasteiger partial charge in [0.25, 0.3) is 0 Å². The zero-order chi connectivity index (χ0) is 10.3. The lowest BCUT2D eigenvalue weighted by molar-refractivity contribution is 0.511. The first-order chi connectivity index (χ1) is 7.45. The highest BCUT2D eigenvalue weighted by atomic mass is 32.2. The summed E-state index contributed by atoms with van der Waals surface area (Å²) in [4.78, 5) is 4.12. The number of nitrogens with zero attached hydrogens (tertiary/aromatic N) is 1. The van der Waals surface area contributed by atoms with E-state index in [-0.39, 0.29) is 0 Å². The maximum Gasteiger partial charge on any atom is 0.0300 e. The first-order valence-corrected chi connectivity index (χ1v) is 6.80. The fourth-order valence-corrected chi connectivity index (χ4v) is 2.97. The van der Waals surface area contributed by atoms with Crippen LogP contribution in [-0.4, -0.2) is 29.1 Å². The summed E-state index contributed by atoms with van der Waals surface area (Å²) in [5.41, 5.74) is 1.33. The number of hydrogen-bond acceptors (Lipinski definition) is 3. The summed E-state index contributed by atoms with van der Waals surface area (Å²) in [6.07, 6.45) is 7.59. The average molecular weight is 222 g/mol. The third-order valence-corrected chi connectivity index (χ3v) is 3.95. The number of aromatic nitrogens is 1. The van der Waals surface area contributed by atoms with E-state index in [1.165, 1.54) is 29.9 Å². The summed E-state index contributed by atoms with van der Waals surface area (Å²) in [5.74, 6) is 2.63. The number of thioether (sulfide) groups is 1. The summed E-state index contributed by atoms with van der Waals surface area (Å²) >= 11 is 2.07. The predicted octanol–water partition coefficient (Wildman–Crippen LogP) is 2.11. The van der Waals surface area contributed by atoms with Gasteiger partial charge in [0.1, 0.15) is 0 Å². The Bertz CT molecular complexity index is 270. The van der Waals surface area contributed by atoms with E-state index in [1.54, 1.807) is 0 Å². The average Bonchev–Trinajstić information content (AvgIpc) is 2.32. The highest BCUT2D eigenvalue weighted by Gasteiger charge is 2.12. The van der Waals surface area contributed by atoms with Gasteiger partial charge in [-0.05, 0) is 43.2 Å². The zero-order valence-corrected chi connectivity index (χ0v) is 9.80. The first-order valence-electron chi connectivity index (χ1n) is 5.65. The smallest absolute Gasteiger partial charge is 0.0300 e. The van der Waals surface area contributed by atoms with Gasteiger partial charge in [0.15, 0.2) is 0 Å². The van der Waals surface area contributed by atoms with Crippen LogP contribution in [0.2, 0.25) is 0 Å². The van der Waals surface area contributed by atoms with Gasteiger partial charge in [0, 0.05) is 24.2 Å². The van der Waals surface area contributed by atoms with Crippen LogP contribution in [-0.2, 0) is 6.42 Å². The first kappa shape index (κ1) is 11.0. The predicted molar refractivity (Wildman–Crippen MR) is 66.3 cm³/mol. The van der Waals surface area contributed by atoms with Gasteiger partial charge >= 0.3 is 0 Å². The van der Waals surface area contributed by atoms with Crippen molar-refractivity contribution >= 4 is 11.8 Å². The van der Waals surface area contributed by atoms with Gasteiger partial charge in [-0.15, -0.1) is 0 Å². The van der Waals surface area contributed by atoms with Crippen molar-refractivity contribution in [2.45, 2.75) is 25.3 Å². The number of hydrogen-bond donors (Lipinski definition) is 1. The van der Waals surface area contributed by atoms with Gasteiger partial charge in [0.2, 0.25) is 0 Å². The van der Waals surface area contributed by atoms with Gasteiger partial charge in [0.05, 0.1) is 0 Å². The summed E-state index contributed by atoms with van der Waals surface area (Å²) < 4.78 is 0. The lowest BCUT2D eigenvalue weighted by atomic mass is 10.1. The van der Waals surface area contributed by atoms with Crippen LogP contribution >= 0.6 is 11.8 Å². The number of nitrogens with one attached hydrogen (secondary N) is 1. The van der Waals surface area contributed by atoms with Crippen LogP contribution in [0.15, 0.2) is 24.5 Å². The Morgan fingerprint density at radius 2 is 2.53 bits per heavy atom. The van der Waals surface area contributed by atoms with Crippen LogP contribution in [0.5, 0.6) is 0 Å². The topological polar surface area (TPSA) is 24.9 Å². The molecule has 0 saturated carbocycles. The van der Waals surface area contributed by atoms with E-state index in [0.29, 0.717) is 0 Å². The molecule has 1 aliphatic heterocycles. The van der Waals surface area contributed by atoms with Crippen molar-refractivity contribution in [2.75, 3.05) is 18.1 Å². The third-order valence-electron chi connectivity index (χ3n) is 2.73. The normalized spacial score (nSPS) is 21.5. The molecule has 1 aromatic heterocycles. The summed E-state index contributed by atoms with van der Waals surface area (Å²) in [6, 6.07) is 4.89. The Labute approximate surface area is 95.9 Å². The monoisotopic (exact) mass is 222 g/mol. The van der Waals surface area contributed by atoms with Crippen LogP contribution < -0.4 is 5.32 Å². The molecule has 82 valence electrons. The van der Waals surface area contributed by atoms with Gasteiger partial charge < -0.3 is 5.32 Å². The second kappa shape index (κ2) is 6.13. The Balaban J connectivity index is 1.66. The molecule has 2 rings (SSSR count). The molecule has 3 heteroatoms. The minimum absolute atomic E-state index is 0.737. The molecule has 1 atom stereocenters. The van der Waals surface area contributed by atoms with E-state index in [2.05, 4.69) is 28.1 Å². The summed E-state index contributed by atoms with van der Waals surface area (Å²) in [6.45, 7) is 1.08. The van der Waals surface area contributed by atoms with Gasteiger partial charge in [-0.2, -0.15) is 11.8 Å². The summed E-state index contributed by atoms with van der Waals surface area (Å²) in [5, 5.41) is 3.62. The van der Waals surface area contributed by atoms with E-state index in [9.17, 15) is 0 Å². The maximum atomic E-state index is 4.12. The molecule has 0 aliphatic carbocycles. The molecule has 0 radical (unpaired) electrons. The van der Waals surface area contributed by atoms with E-state index < -0.39 is 0 Å². The Morgan fingerprint density at radius 1 is 1.53 bits per heavy atom. The van der Waals surface area contributed by atoms with Gasteiger partial charge in [-0.25, -0.2) is 0 Å². The maximum absolute atomic E-state index is 4.12. The van der Waals surface area contributed by atoms with Crippen molar-refractivity contribution in [3.63, 3.8) is 0 Å². The fraction of sp³-hybridized carbons (Fsp3) is 0.583. The number of rotatable bonds is 4. The Morgan fingerprint density at radius 3 is 3.27 bits per heavy atom. The van der Waals surface area contributed by atoms with Crippen LogP contribution in [0.1, 0.15) is 18.4 Å². The quantitative estimate of drug-likeness (QED) is 0.844. The molecule has 1 unspecified atom stereocenters. The van der Waals surface area contributed by atoms with Crippen LogP contribution in [0.4, 0.5) is 0 Å². The molecule has 1 saturated heterocycles. The zero-order valence-electron chi connectivity index (χ0n) is 8.98. The molecule has 1 N–H and O–H groups in total. The van der Waals surface area contributed by atoms with Crippen LogP contribution in [0.3, 0.4) is 0 Å². The highest BCUT2D eigenvalue weighted by molar-refractivity contribution is 7.99. The Kier molecular flexibility index (Phi) is 4.48. The second-order valence-electron chi connectivity index (χ2n) is 3.98. The van der Waals surface area contributed by atoms with Crippen molar-refractivity contribution in [3.05, 3.63) is 30.1 Å². The molecule has 0 spiro atoms. The fourth-order valence-electron chi connectivity index (χ4n) is 1.87. The summed E-state index contributed by atoms with van der Waals surface area (Å²) in [7, 11) is 0. The molecule has 1 aliphatic rings. The molecule has 0 bridgehead atoms. The largest absolute Gasteiger partial charge is 0.313 e. The van der Waals surface area contributed by atoms with Crippen molar-refractivity contribution in [1.29, 1.82) is 0 Å². The molecule has 1 aromatic rings. The highest BCUT2D eigenvalue weighted by Crippen LogP contribution is 2.16. The van der Waals surface area contributed by atoms with E-state index in [1.807, 2.05) is 18.5 Å². The van der Waals surface area contributed by atoms with Crippen LogP contribution in [0.25, 0.3) is 0 Å². The minimum atomic E-state index is 0.737. The molecular weight excluding hydrogens is 204 g/mol. The molecule has 1 fully saturated rings. The second-order valence-corrected chi connectivity index (χ2v) is 5.13. The lowest BCUT2D eigenvalue weighted by Gasteiger charge is -2.22. The lowest BCUT2D eigenvalue weighted by Crippen LogP contribution is -2.35. The van der Waals surface area contributed by atoms with Crippen molar-refractivity contribution in [3.8, 4) is 0 Å². The van der Waals surface area contributed by atoms with E-state index >= 15 is 0 Å². The molecule has 0 aromatic carbocycles. The molecule has 2 nitrogen and oxygen atoms in total.